The predicted molar refractivity (Wildman–Crippen MR) is 75.7 cm³/mol. The summed E-state index contributed by atoms with van der Waals surface area (Å²) in [6, 6.07) is 5.53. The first-order chi connectivity index (χ1) is 9.65. The third-order valence-electron chi connectivity index (χ3n) is 4.11. The molecule has 2 aromatic heterocycles. The van der Waals surface area contributed by atoms with E-state index in [-0.39, 0.29) is 11.8 Å². The molecule has 0 bridgehead atoms. The molecule has 0 amide bonds. The Hall–Kier alpha value is -1.66. The van der Waals surface area contributed by atoms with Gasteiger partial charge in [-0.05, 0) is 37.9 Å². The Morgan fingerprint density at radius 1 is 1.45 bits per heavy atom. The zero-order valence-corrected chi connectivity index (χ0v) is 11.6. The van der Waals surface area contributed by atoms with Crippen LogP contribution < -0.4 is 5.69 Å². The highest BCUT2D eigenvalue weighted by molar-refractivity contribution is 5.35. The molecule has 1 aliphatic heterocycles. The summed E-state index contributed by atoms with van der Waals surface area (Å²) in [5.41, 5.74) is 0.590. The SMILES string of the molecule is CC(O)C1CCN(CCn2nc3ccccn3c2=O)C1. The van der Waals surface area contributed by atoms with Crippen LogP contribution in [0.3, 0.4) is 0 Å². The first-order valence-corrected chi connectivity index (χ1v) is 7.10. The van der Waals surface area contributed by atoms with E-state index < -0.39 is 0 Å². The molecule has 2 atom stereocenters. The summed E-state index contributed by atoms with van der Waals surface area (Å²) in [7, 11) is 0. The van der Waals surface area contributed by atoms with E-state index in [1.54, 1.807) is 10.6 Å². The van der Waals surface area contributed by atoms with Gasteiger partial charge in [0.1, 0.15) is 0 Å². The molecule has 0 aromatic carbocycles. The smallest absolute Gasteiger partial charge is 0.350 e. The molecule has 2 unspecified atom stereocenters. The molecule has 1 aliphatic rings. The maximum atomic E-state index is 12.1. The van der Waals surface area contributed by atoms with Gasteiger partial charge in [-0.25, -0.2) is 9.48 Å². The van der Waals surface area contributed by atoms with Gasteiger partial charge in [-0.15, -0.1) is 5.10 Å². The van der Waals surface area contributed by atoms with Gasteiger partial charge in [0.15, 0.2) is 5.65 Å². The van der Waals surface area contributed by atoms with Crippen LogP contribution in [0.2, 0.25) is 0 Å². The van der Waals surface area contributed by atoms with Crippen LogP contribution in [0.5, 0.6) is 0 Å². The molecular formula is C14H20N4O2. The molecule has 6 nitrogen and oxygen atoms in total. The van der Waals surface area contributed by atoms with E-state index in [0.717, 1.165) is 26.1 Å². The summed E-state index contributed by atoms with van der Waals surface area (Å²) < 4.78 is 3.08. The van der Waals surface area contributed by atoms with Gasteiger partial charge in [0.2, 0.25) is 0 Å². The van der Waals surface area contributed by atoms with Gasteiger partial charge in [0, 0.05) is 19.3 Å². The Bertz CT molecular complexity index is 646. The lowest BCUT2D eigenvalue weighted by Crippen LogP contribution is -2.31. The second-order valence-electron chi connectivity index (χ2n) is 5.52. The van der Waals surface area contributed by atoms with Crippen molar-refractivity contribution in [1.29, 1.82) is 0 Å². The fourth-order valence-electron chi connectivity index (χ4n) is 2.81. The van der Waals surface area contributed by atoms with Crippen molar-refractivity contribution in [3.8, 4) is 0 Å². The van der Waals surface area contributed by atoms with E-state index in [1.165, 1.54) is 4.68 Å². The normalized spacial score (nSPS) is 21.6. The number of fused-ring (bicyclic) bond motifs is 1. The average molecular weight is 276 g/mol. The van der Waals surface area contributed by atoms with E-state index in [1.807, 2.05) is 25.1 Å². The van der Waals surface area contributed by atoms with Crippen molar-refractivity contribution < 1.29 is 5.11 Å². The van der Waals surface area contributed by atoms with Crippen LogP contribution in [0.1, 0.15) is 13.3 Å². The third kappa shape index (κ3) is 2.48. The van der Waals surface area contributed by atoms with Crippen molar-refractivity contribution in [3.63, 3.8) is 0 Å². The monoisotopic (exact) mass is 276 g/mol. The van der Waals surface area contributed by atoms with Gasteiger partial charge < -0.3 is 10.0 Å². The summed E-state index contributed by atoms with van der Waals surface area (Å²) in [6.45, 7) is 5.12. The van der Waals surface area contributed by atoms with Gasteiger partial charge in [-0.1, -0.05) is 6.07 Å². The molecule has 0 spiro atoms. The molecule has 20 heavy (non-hydrogen) atoms. The van der Waals surface area contributed by atoms with Crippen LogP contribution in [0.15, 0.2) is 29.2 Å². The van der Waals surface area contributed by atoms with Crippen LogP contribution in [0.4, 0.5) is 0 Å². The zero-order chi connectivity index (χ0) is 14.1. The minimum atomic E-state index is -0.252. The molecule has 0 saturated carbocycles. The quantitative estimate of drug-likeness (QED) is 0.866. The zero-order valence-electron chi connectivity index (χ0n) is 11.6. The van der Waals surface area contributed by atoms with Crippen molar-refractivity contribution in [2.24, 2.45) is 5.92 Å². The Kier molecular flexibility index (Phi) is 3.58. The molecule has 0 aliphatic carbocycles. The molecule has 1 N–H and O–H groups in total. The lowest BCUT2D eigenvalue weighted by atomic mass is 10.0. The number of aliphatic hydroxyl groups excluding tert-OH is 1. The fraction of sp³-hybridized carbons (Fsp3) is 0.571. The number of rotatable bonds is 4. The van der Waals surface area contributed by atoms with E-state index in [2.05, 4.69) is 10.00 Å². The van der Waals surface area contributed by atoms with E-state index in [0.29, 0.717) is 18.1 Å². The van der Waals surface area contributed by atoms with Crippen molar-refractivity contribution in [2.45, 2.75) is 26.0 Å². The third-order valence-corrected chi connectivity index (χ3v) is 4.11. The van der Waals surface area contributed by atoms with Crippen molar-refractivity contribution in [2.75, 3.05) is 19.6 Å². The maximum Gasteiger partial charge on any atom is 0.350 e. The summed E-state index contributed by atoms with van der Waals surface area (Å²) in [4.78, 5) is 14.4. The number of hydrogen-bond donors (Lipinski definition) is 1. The Labute approximate surface area is 117 Å². The summed E-state index contributed by atoms with van der Waals surface area (Å²) in [5, 5.41) is 13.9. The number of likely N-dealkylation sites (tertiary alicyclic amines) is 1. The second kappa shape index (κ2) is 5.38. The Morgan fingerprint density at radius 3 is 3.00 bits per heavy atom. The molecule has 1 fully saturated rings. The summed E-state index contributed by atoms with van der Waals surface area (Å²) in [5.74, 6) is 0.354. The van der Waals surface area contributed by atoms with Crippen molar-refractivity contribution >= 4 is 5.65 Å². The lowest BCUT2D eigenvalue weighted by molar-refractivity contribution is 0.127. The Balaban J connectivity index is 1.66. The fourth-order valence-corrected chi connectivity index (χ4v) is 2.81. The number of aromatic nitrogens is 3. The molecule has 3 rings (SSSR count). The predicted octanol–water partition coefficient (Wildman–Crippen LogP) is 0.199. The van der Waals surface area contributed by atoms with Gasteiger partial charge in [-0.2, -0.15) is 0 Å². The number of aliphatic hydroxyl groups is 1. The van der Waals surface area contributed by atoms with E-state index in [4.69, 9.17) is 0 Å². The maximum absolute atomic E-state index is 12.1. The first kappa shape index (κ1) is 13.3. The van der Waals surface area contributed by atoms with Crippen LogP contribution >= 0.6 is 0 Å². The van der Waals surface area contributed by atoms with Gasteiger partial charge in [0.05, 0.1) is 12.6 Å². The van der Waals surface area contributed by atoms with Crippen LogP contribution in [-0.2, 0) is 6.54 Å². The molecule has 108 valence electrons. The molecule has 6 heteroatoms. The molecular weight excluding hydrogens is 256 g/mol. The number of hydrogen-bond acceptors (Lipinski definition) is 4. The van der Waals surface area contributed by atoms with Crippen molar-refractivity contribution in [1.82, 2.24) is 19.1 Å². The molecule has 0 radical (unpaired) electrons. The summed E-state index contributed by atoms with van der Waals surface area (Å²) in [6.07, 6.45) is 2.51. The van der Waals surface area contributed by atoms with Gasteiger partial charge >= 0.3 is 5.69 Å². The largest absolute Gasteiger partial charge is 0.393 e. The highest BCUT2D eigenvalue weighted by Gasteiger charge is 2.25. The second-order valence-corrected chi connectivity index (χ2v) is 5.52. The van der Waals surface area contributed by atoms with Crippen LogP contribution in [0.25, 0.3) is 5.65 Å². The van der Waals surface area contributed by atoms with Gasteiger partial charge in [0.25, 0.3) is 0 Å². The highest BCUT2D eigenvalue weighted by atomic mass is 16.3. The average Bonchev–Trinajstić information content (AvgIpc) is 3.03. The van der Waals surface area contributed by atoms with Crippen LogP contribution in [-0.4, -0.2) is 49.9 Å². The van der Waals surface area contributed by atoms with E-state index >= 15 is 0 Å². The molecule has 1 saturated heterocycles. The Morgan fingerprint density at radius 2 is 2.30 bits per heavy atom. The first-order valence-electron chi connectivity index (χ1n) is 7.10. The minimum Gasteiger partial charge on any atom is -0.393 e. The highest BCUT2D eigenvalue weighted by Crippen LogP contribution is 2.19. The lowest BCUT2D eigenvalue weighted by Gasteiger charge is -2.16. The summed E-state index contributed by atoms with van der Waals surface area (Å²) >= 11 is 0. The minimum absolute atomic E-state index is 0.0909. The number of pyridine rings is 1. The molecule has 3 heterocycles. The number of nitrogens with zero attached hydrogens (tertiary/aromatic N) is 4. The van der Waals surface area contributed by atoms with E-state index in [9.17, 15) is 9.90 Å². The van der Waals surface area contributed by atoms with Crippen LogP contribution in [0, 0.1) is 5.92 Å². The molecule has 2 aromatic rings. The van der Waals surface area contributed by atoms with Gasteiger partial charge in [-0.3, -0.25) is 4.40 Å². The standard InChI is InChI=1S/C14H20N4O2/c1-11(19)12-5-7-16(10-12)8-9-18-14(20)17-6-3-2-4-13(17)15-18/h2-4,6,11-12,19H,5,7-10H2,1H3. The van der Waals surface area contributed by atoms with Crippen molar-refractivity contribution in [3.05, 3.63) is 34.9 Å². The topological polar surface area (TPSA) is 62.8 Å².